The Hall–Kier alpha value is -1.95. The largest absolute Gasteiger partial charge is 0.388 e. The van der Waals surface area contributed by atoms with Crippen LogP contribution in [0.1, 0.15) is 26.0 Å². The van der Waals surface area contributed by atoms with E-state index in [1.807, 2.05) is 0 Å². The van der Waals surface area contributed by atoms with Crippen molar-refractivity contribution in [2.24, 2.45) is 0 Å². The van der Waals surface area contributed by atoms with Gasteiger partial charge in [-0.2, -0.15) is 16.8 Å². The van der Waals surface area contributed by atoms with Crippen LogP contribution in [0.15, 0.2) is 12.7 Å². The molecule has 1 saturated heterocycles. The molecule has 14 nitrogen and oxygen atoms in total. The van der Waals surface area contributed by atoms with Gasteiger partial charge in [0.05, 0.1) is 23.9 Å². The Morgan fingerprint density at radius 1 is 1.03 bits per heavy atom. The smallest absolute Gasteiger partial charge is 0.264 e. The number of imidazole rings is 1. The lowest BCUT2D eigenvalue weighted by molar-refractivity contribution is -0.0299. The van der Waals surface area contributed by atoms with Gasteiger partial charge in [0.2, 0.25) is 0 Å². The minimum absolute atomic E-state index is 0.0125. The van der Waals surface area contributed by atoms with Crippen molar-refractivity contribution >= 4 is 37.2 Å². The number of aliphatic hydroxyl groups is 2. The molecule has 0 radical (unpaired) electrons. The van der Waals surface area contributed by atoms with Crippen molar-refractivity contribution in [2.75, 3.05) is 17.2 Å². The second kappa shape index (κ2) is 9.46. The molecule has 3 rings (SSSR count). The summed E-state index contributed by atoms with van der Waals surface area (Å²) >= 11 is 0. The highest BCUT2D eigenvalue weighted by Crippen LogP contribution is 2.31. The van der Waals surface area contributed by atoms with Crippen LogP contribution in [-0.2, 0) is 25.0 Å². The van der Waals surface area contributed by atoms with E-state index in [0.29, 0.717) is 11.2 Å². The number of unbranched alkanes of at least 4 members (excludes halogenated alkanes) is 1. The fourth-order valence-electron chi connectivity index (χ4n) is 2.68. The molecule has 30 heavy (non-hydrogen) atoms. The Morgan fingerprint density at radius 2 is 1.60 bits per heavy atom. The van der Waals surface area contributed by atoms with Crippen LogP contribution in [0.5, 0.6) is 0 Å². The van der Waals surface area contributed by atoms with E-state index in [0.717, 1.165) is 0 Å². The predicted molar refractivity (Wildman–Crippen MR) is 103 cm³/mol. The van der Waals surface area contributed by atoms with Gasteiger partial charge >= 0.3 is 0 Å². The molecule has 170 valence electrons. The number of hydrogen-bond acceptors (Lipinski definition) is 11. The van der Waals surface area contributed by atoms with Gasteiger partial charge in [0.15, 0.2) is 17.7 Å². The maximum Gasteiger partial charge on any atom is 0.264 e. The van der Waals surface area contributed by atoms with Crippen LogP contribution < -0.4 is 5.73 Å². The molecule has 0 aromatic carbocycles. The molecule has 6 N–H and O–H groups in total. The van der Waals surface area contributed by atoms with Crippen LogP contribution in [0, 0.1) is 0 Å². The van der Waals surface area contributed by atoms with Gasteiger partial charge in [0.1, 0.15) is 24.1 Å². The van der Waals surface area contributed by atoms with Crippen LogP contribution >= 0.6 is 0 Å². The summed E-state index contributed by atoms with van der Waals surface area (Å²) in [4.78, 5) is 12.0. The molecular weight excluding hydrogens is 446 g/mol. The van der Waals surface area contributed by atoms with E-state index in [-0.39, 0.29) is 18.7 Å². The molecule has 0 aliphatic carbocycles. The number of ether oxygens (including phenoxy) is 1. The normalized spacial score (nSPS) is 24.6. The molecule has 1 fully saturated rings. The molecule has 2 aromatic rings. The van der Waals surface area contributed by atoms with Crippen molar-refractivity contribution in [1.82, 2.24) is 19.5 Å². The number of rotatable bonds is 6. The fraction of sp³-hybridized carbons (Fsp3) is 0.643. The summed E-state index contributed by atoms with van der Waals surface area (Å²) in [6, 6.07) is 0. The molecule has 0 bridgehead atoms. The Labute approximate surface area is 172 Å². The first kappa shape index (κ1) is 24.3. The summed E-state index contributed by atoms with van der Waals surface area (Å²) in [5, 5.41) is 19.6. The molecule has 0 unspecified atom stereocenters. The maximum atomic E-state index is 10.1. The number of fused-ring (bicyclic) bond motifs is 1. The number of aliphatic hydroxyl groups excluding tert-OH is 2. The number of nitrogens with zero attached hydrogens (tertiary/aromatic N) is 4. The Kier molecular flexibility index (Phi) is 7.67. The number of aromatic nitrogens is 4. The van der Waals surface area contributed by atoms with Crippen molar-refractivity contribution in [2.45, 2.75) is 44.3 Å². The topological polar surface area (TPSA) is 228 Å². The molecule has 1 aliphatic rings. The minimum Gasteiger partial charge on any atom is -0.388 e. The first-order valence-corrected chi connectivity index (χ1v) is 11.9. The van der Waals surface area contributed by atoms with Crippen LogP contribution in [0.3, 0.4) is 0 Å². The average Bonchev–Trinajstić information content (AvgIpc) is 3.16. The van der Waals surface area contributed by atoms with Crippen molar-refractivity contribution in [1.29, 1.82) is 0 Å². The Bertz CT molecular complexity index is 1040. The first-order chi connectivity index (χ1) is 13.8. The van der Waals surface area contributed by atoms with Crippen LogP contribution in [0.2, 0.25) is 0 Å². The van der Waals surface area contributed by atoms with Crippen LogP contribution in [0.4, 0.5) is 5.82 Å². The number of hydrogen-bond donors (Lipinski definition) is 5. The third kappa shape index (κ3) is 6.53. The summed E-state index contributed by atoms with van der Waals surface area (Å²) in [5.41, 5.74) is 6.59. The number of nitrogen functional groups attached to an aromatic ring is 1. The van der Waals surface area contributed by atoms with Gasteiger partial charge in [0, 0.05) is 0 Å². The molecule has 0 spiro atoms. The summed E-state index contributed by atoms with van der Waals surface area (Å²) in [5.74, 6) is -0.703. The lowest BCUT2D eigenvalue weighted by Crippen LogP contribution is -2.30. The monoisotopic (exact) mass is 469 g/mol. The van der Waals surface area contributed by atoms with Crippen molar-refractivity contribution in [3.63, 3.8) is 0 Å². The summed E-state index contributed by atoms with van der Waals surface area (Å²) in [6.07, 6.45) is -0.348. The summed E-state index contributed by atoms with van der Waals surface area (Å²) in [6.45, 7) is 1.69. The molecule has 1 aliphatic heterocycles. The van der Waals surface area contributed by atoms with Gasteiger partial charge in [-0.05, 0) is 19.8 Å². The second-order valence-corrected chi connectivity index (χ2v) is 9.72. The minimum atomic E-state index is -4.02. The number of anilines is 1. The maximum absolute atomic E-state index is 10.1. The fourth-order valence-corrected chi connectivity index (χ4v) is 3.82. The predicted octanol–water partition coefficient (Wildman–Crippen LogP) is -1.41. The van der Waals surface area contributed by atoms with Gasteiger partial charge < -0.3 is 20.7 Å². The zero-order valence-corrected chi connectivity index (χ0v) is 17.4. The van der Waals surface area contributed by atoms with E-state index in [9.17, 15) is 27.0 Å². The zero-order chi connectivity index (χ0) is 22.7. The van der Waals surface area contributed by atoms with E-state index in [1.165, 1.54) is 12.7 Å². The average molecular weight is 469 g/mol. The van der Waals surface area contributed by atoms with Gasteiger partial charge in [-0.25, -0.2) is 15.0 Å². The van der Waals surface area contributed by atoms with Crippen molar-refractivity contribution in [3.8, 4) is 0 Å². The summed E-state index contributed by atoms with van der Waals surface area (Å²) in [7, 11) is -8.04. The van der Waals surface area contributed by atoms with Crippen molar-refractivity contribution < 1.29 is 40.9 Å². The highest BCUT2D eigenvalue weighted by Gasteiger charge is 2.42. The van der Waals surface area contributed by atoms with Gasteiger partial charge in [-0.15, -0.1) is 0 Å². The molecule has 0 amide bonds. The van der Waals surface area contributed by atoms with Gasteiger partial charge in [-0.3, -0.25) is 13.7 Å². The van der Waals surface area contributed by atoms with E-state index in [4.69, 9.17) is 19.6 Å². The highest BCUT2D eigenvalue weighted by molar-refractivity contribution is 7.86. The quantitative estimate of drug-likeness (QED) is 0.242. The molecular formula is C14H23N5O9S2. The standard InChI is InChI=1S/C10H13N5O3.C4H10O6S2/c1-4-6(16)7(17)10(18-4)15-3-14-5-8(11)12-2-13-9(5)15;5-11(6,7)3-1-2-4-12(8,9)10/h2-4,6-7,10,16-17H,1H3,(H2,11,12,13);1-4H2,(H,5,6,7)(H,8,9,10)/t4-,6-,7-,10-;/m1./s1. The highest BCUT2D eigenvalue weighted by atomic mass is 32.2. The lowest BCUT2D eigenvalue weighted by atomic mass is 10.1. The molecule has 2 aromatic heterocycles. The SMILES string of the molecule is C[C@H]1O[C@@H](n2cnc3c(N)ncnc32)[C@H](O)[C@@H]1O.O=S(=O)(O)CCCCS(=O)(=O)O. The molecule has 3 heterocycles. The second-order valence-electron chi connectivity index (χ2n) is 6.58. The zero-order valence-electron chi connectivity index (χ0n) is 15.8. The van der Waals surface area contributed by atoms with Crippen molar-refractivity contribution in [3.05, 3.63) is 12.7 Å². The Balaban J connectivity index is 0.000000235. The molecule has 4 atom stereocenters. The van der Waals surface area contributed by atoms with E-state index < -0.39 is 56.3 Å². The number of nitrogens with two attached hydrogens (primary N) is 1. The van der Waals surface area contributed by atoms with Gasteiger partial charge in [0.25, 0.3) is 20.2 Å². The van der Waals surface area contributed by atoms with E-state index >= 15 is 0 Å². The summed E-state index contributed by atoms with van der Waals surface area (Å²) < 4.78 is 63.9. The van der Waals surface area contributed by atoms with E-state index in [2.05, 4.69) is 15.0 Å². The van der Waals surface area contributed by atoms with Gasteiger partial charge in [-0.1, -0.05) is 0 Å². The van der Waals surface area contributed by atoms with E-state index in [1.54, 1.807) is 11.5 Å². The van der Waals surface area contributed by atoms with Crippen LogP contribution in [-0.4, -0.2) is 85.5 Å². The lowest BCUT2D eigenvalue weighted by Gasteiger charge is -2.16. The third-order valence-electron chi connectivity index (χ3n) is 4.19. The molecule has 16 heteroatoms. The van der Waals surface area contributed by atoms with Crippen LogP contribution in [0.25, 0.3) is 11.2 Å². The molecule has 0 saturated carbocycles. The Morgan fingerprint density at radius 3 is 2.07 bits per heavy atom. The first-order valence-electron chi connectivity index (χ1n) is 8.65. The third-order valence-corrected chi connectivity index (χ3v) is 5.80.